The van der Waals surface area contributed by atoms with E-state index >= 15 is 0 Å². The summed E-state index contributed by atoms with van der Waals surface area (Å²) in [5, 5.41) is 0.959. The molecule has 0 fully saturated rings. The monoisotopic (exact) mass is 194 g/mol. The lowest BCUT2D eigenvalue weighted by Crippen LogP contribution is -1.70. The standard InChI is InChI=1S/C6H4Cl2OS/c7-5-2-1-4(10-9)3-6(5)8/h1-3,9H. The third-order valence-electron chi connectivity index (χ3n) is 0.996. The van der Waals surface area contributed by atoms with E-state index in [4.69, 9.17) is 27.8 Å². The zero-order valence-electron chi connectivity index (χ0n) is 4.84. The first-order chi connectivity index (χ1) is 4.74. The highest BCUT2D eigenvalue weighted by Gasteiger charge is 1.97. The Morgan fingerprint density at radius 1 is 1.20 bits per heavy atom. The normalized spacial score (nSPS) is 9.90. The highest BCUT2D eigenvalue weighted by Crippen LogP contribution is 2.26. The molecule has 0 radical (unpaired) electrons. The van der Waals surface area contributed by atoms with Gasteiger partial charge in [-0.15, -0.1) is 0 Å². The largest absolute Gasteiger partial charge is 0.325 e. The molecule has 0 saturated heterocycles. The van der Waals surface area contributed by atoms with Gasteiger partial charge >= 0.3 is 0 Å². The third kappa shape index (κ3) is 1.80. The van der Waals surface area contributed by atoms with E-state index in [0.717, 1.165) is 0 Å². The highest BCUT2D eigenvalue weighted by molar-refractivity contribution is 7.93. The van der Waals surface area contributed by atoms with Gasteiger partial charge in [-0.05, 0) is 18.2 Å². The molecule has 0 heterocycles. The zero-order chi connectivity index (χ0) is 7.56. The quantitative estimate of drug-likeness (QED) is 0.691. The summed E-state index contributed by atoms with van der Waals surface area (Å²) in [5.41, 5.74) is 0. The summed E-state index contributed by atoms with van der Waals surface area (Å²) in [6.45, 7) is 0. The Labute approximate surface area is 73.2 Å². The Morgan fingerprint density at radius 3 is 2.40 bits per heavy atom. The highest BCUT2D eigenvalue weighted by atomic mass is 35.5. The number of hydrogen-bond acceptors (Lipinski definition) is 2. The molecule has 0 spiro atoms. The fourth-order valence-electron chi connectivity index (χ4n) is 0.534. The molecule has 0 aromatic heterocycles. The second kappa shape index (κ2) is 3.49. The summed E-state index contributed by atoms with van der Waals surface area (Å²) in [6.07, 6.45) is 0. The molecule has 1 N–H and O–H groups in total. The molecule has 54 valence electrons. The second-order valence-corrected chi connectivity index (χ2v) is 3.14. The van der Waals surface area contributed by atoms with Gasteiger partial charge in [-0.2, -0.15) is 0 Å². The van der Waals surface area contributed by atoms with Crippen LogP contribution in [-0.2, 0) is 0 Å². The van der Waals surface area contributed by atoms with Crippen LogP contribution >= 0.6 is 35.2 Å². The van der Waals surface area contributed by atoms with Crippen molar-refractivity contribution in [3.63, 3.8) is 0 Å². The average molecular weight is 195 g/mol. The molecule has 1 nitrogen and oxygen atoms in total. The predicted octanol–water partition coefficient (Wildman–Crippen LogP) is 3.56. The molecule has 0 bridgehead atoms. The van der Waals surface area contributed by atoms with Crippen molar-refractivity contribution in [1.82, 2.24) is 0 Å². The third-order valence-corrected chi connectivity index (χ3v) is 2.20. The van der Waals surface area contributed by atoms with Crippen molar-refractivity contribution in [2.75, 3.05) is 0 Å². The van der Waals surface area contributed by atoms with Crippen LogP contribution in [-0.4, -0.2) is 4.55 Å². The van der Waals surface area contributed by atoms with Gasteiger partial charge in [0.1, 0.15) is 0 Å². The molecule has 1 rings (SSSR count). The molecular formula is C6H4Cl2OS. The first-order valence-electron chi connectivity index (χ1n) is 2.50. The van der Waals surface area contributed by atoms with Gasteiger partial charge in [0.05, 0.1) is 10.0 Å². The number of hydrogen-bond donors (Lipinski definition) is 1. The molecule has 0 aliphatic heterocycles. The molecule has 0 unspecified atom stereocenters. The van der Waals surface area contributed by atoms with Crippen LogP contribution in [0.1, 0.15) is 0 Å². The maximum absolute atomic E-state index is 8.57. The van der Waals surface area contributed by atoms with E-state index in [9.17, 15) is 0 Å². The topological polar surface area (TPSA) is 20.2 Å². The lowest BCUT2D eigenvalue weighted by atomic mass is 10.4. The first kappa shape index (κ1) is 8.21. The summed E-state index contributed by atoms with van der Waals surface area (Å²) in [7, 11) is 0. The number of rotatable bonds is 1. The summed E-state index contributed by atoms with van der Waals surface area (Å²) in [4.78, 5) is 0.689. The van der Waals surface area contributed by atoms with Crippen LogP contribution in [0.5, 0.6) is 0 Å². The minimum Gasteiger partial charge on any atom is -0.325 e. The molecule has 1 aromatic rings. The molecule has 0 amide bonds. The molecule has 0 aliphatic carbocycles. The summed E-state index contributed by atoms with van der Waals surface area (Å²) >= 11 is 11.9. The van der Waals surface area contributed by atoms with Crippen LogP contribution in [0.4, 0.5) is 0 Å². The lowest BCUT2D eigenvalue weighted by Gasteiger charge is -1.96. The van der Waals surface area contributed by atoms with Crippen LogP contribution in [0, 0.1) is 0 Å². The van der Waals surface area contributed by atoms with Gasteiger partial charge in [0.25, 0.3) is 0 Å². The van der Waals surface area contributed by atoms with Crippen LogP contribution in [0.3, 0.4) is 0 Å². The molecule has 1 aromatic carbocycles. The Bertz CT molecular complexity index is 239. The molecule has 0 atom stereocenters. The summed E-state index contributed by atoms with van der Waals surface area (Å²) in [6, 6.07) is 4.94. The average Bonchev–Trinajstić information content (AvgIpc) is 1.95. The number of halogens is 2. The second-order valence-electron chi connectivity index (χ2n) is 1.67. The maximum Gasteiger partial charge on any atom is 0.0604 e. The van der Waals surface area contributed by atoms with Gasteiger partial charge in [0, 0.05) is 16.9 Å². The van der Waals surface area contributed by atoms with Crippen molar-refractivity contribution < 1.29 is 4.55 Å². The Kier molecular flexibility index (Phi) is 2.86. The van der Waals surface area contributed by atoms with Crippen LogP contribution in [0.15, 0.2) is 23.1 Å². The molecule has 0 saturated carbocycles. The molecule has 10 heavy (non-hydrogen) atoms. The minimum absolute atomic E-state index is 0.459. The molecule has 0 aliphatic rings. The van der Waals surface area contributed by atoms with Crippen LogP contribution < -0.4 is 0 Å². The van der Waals surface area contributed by atoms with E-state index < -0.39 is 0 Å². The van der Waals surface area contributed by atoms with Gasteiger partial charge in [-0.25, -0.2) is 0 Å². The van der Waals surface area contributed by atoms with E-state index in [0.29, 0.717) is 27.0 Å². The Hall–Kier alpha value is 0.110. The fourth-order valence-corrected chi connectivity index (χ4v) is 1.20. The smallest absolute Gasteiger partial charge is 0.0604 e. The molecule has 4 heteroatoms. The van der Waals surface area contributed by atoms with Crippen LogP contribution in [0.2, 0.25) is 10.0 Å². The van der Waals surface area contributed by atoms with Gasteiger partial charge in [0.15, 0.2) is 0 Å². The summed E-state index contributed by atoms with van der Waals surface area (Å²) < 4.78 is 8.57. The van der Waals surface area contributed by atoms with Crippen molar-refractivity contribution in [1.29, 1.82) is 0 Å². The molecular weight excluding hydrogens is 191 g/mol. The van der Waals surface area contributed by atoms with E-state index in [-0.39, 0.29) is 0 Å². The first-order valence-corrected chi connectivity index (χ1v) is 4.03. The summed E-state index contributed by atoms with van der Waals surface area (Å²) in [5.74, 6) is 0. The van der Waals surface area contributed by atoms with Crippen molar-refractivity contribution in [3.8, 4) is 0 Å². The fraction of sp³-hybridized carbons (Fsp3) is 0. The maximum atomic E-state index is 8.57. The van der Waals surface area contributed by atoms with Crippen molar-refractivity contribution in [2.45, 2.75) is 4.90 Å². The van der Waals surface area contributed by atoms with Gasteiger partial charge in [0.2, 0.25) is 0 Å². The van der Waals surface area contributed by atoms with Crippen molar-refractivity contribution in [3.05, 3.63) is 28.2 Å². The van der Waals surface area contributed by atoms with E-state index in [1.54, 1.807) is 18.2 Å². The van der Waals surface area contributed by atoms with E-state index in [1.807, 2.05) is 0 Å². The zero-order valence-corrected chi connectivity index (χ0v) is 7.17. The van der Waals surface area contributed by atoms with E-state index in [1.165, 1.54) is 0 Å². The Balaban J connectivity index is 3.04. The minimum atomic E-state index is 0.459. The number of benzene rings is 1. The van der Waals surface area contributed by atoms with Gasteiger partial charge in [-0.1, -0.05) is 23.2 Å². The van der Waals surface area contributed by atoms with Crippen LogP contribution in [0.25, 0.3) is 0 Å². The van der Waals surface area contributed by atoms with E-state index in [2.05, 4.69) is 0 Å². The predicted molar refractivity (Wildman–Crippen MR) is 44.9 cm³/mol. The van der Waals surface area contributed by atoms with Gasteiger partial charge in [-0.3, -0.25) is 0 Å². The Morgan fingerprint density at radius 2 is 1.90 bits per heavy atom. The van der Waals surface area contributed by atoms with Crippen molar-refractivity contribution in [2.24, 2.45) is 0 Å². The lowest BCUT2D eigenvalue weighted by molar-refractivity contribution is 0.664. The van der Waals surface area contributed by atoms with Gasteiger partial charge < -0.3 is 4.55 Å². The van der Waals surface area contributed by atoms with Crippen molar-refractivity contribution >= 4 is 35.2 Å². The SMILES string of the molecule is OSc1ccc(Cl)c(Cl)c1.